The molecule has 0 unspecified atom stereocenters. The van der Waals surface area contributed by atoms with Crippen molar-refractivity contribution in [3.63, 3.8) is 0 Å². The fourth-order valence-corrected chi connectivity index (χ4v) is 4.93. The minimum Gasteiger partial charge on any atom is -0.492 e. The van der Waals surface area contributed by atoms with E-state index in [1.165, 1.54) is 32.9 Å². The van der Waals surface area contributed by atoms with E-state index in [-0.39, 0.29) is 17.7 Å². The van der Waals surface area contributed by atoms with Gasteiger partial charge in [0, 0.05) is 18.4 Å². The maximum atomic E-state index is 13.4. The van der Waals surface area contributed by atoms with Crippen molar-refractivity contribution in [1.29, 1.82) is 0 Å². The van der Waals surface area contributed by atoms with E-state index in [4.69, 9.17) is 4.42 Å². The molecule has 138 valence electrons. The van der Waals surface area contributed by atoms with E-state index in [0.29, 0.717) is 16.5 Å². The van der Waals surface area contributed by atoms with Gasteiger partial charge in [0.15, 0.2) is 11.8 Å². The molecule has 4 heterocycles. The van der Waals surface area contributed by atoms with Gasteiger partial charge in [0.25, 0.3) is 0 Å². The van der Waals surface area contributed by atoms with Gasteiger partial charge in [-0.1, -0.05) is 11.3 Å². The lowest BCUT2D eigenvalue weighted by molar-refractivity contribution is -0.913. The lowest BCUT2D eigenvalue weighted by Gasteiger charge is -2.24. The van der Waals surface area contributed by atoms with Crippen molar-refractivity contribution in [2.45, 2.75) is 18.9 Å². The van der Waals surface area contributed by atoms with E-state index in [0.717, 1.165) is 36.4 Å². The van der Waals surface area contributed by atoms with Gasteiger partial charge in [0.1, 0.15) is 10.7 Å². The zero-order valence-electron chi connectivity index (χ0n) is 14.4. The molecule has 27 heavy (non-hydrogen) atoms. The van der Waals surface area contributed by atoms with Gasteiger partial charge in [-0.2, -0.15) is 9.50 Å². The summed E-state index contributed by atoms with van der Waals surface area (Å²) in [6, 6.07) is 10.0. The van der Waals surface area contributed by atoms with E-state index in [1.807, 2.05) is 0 Å². The molecule has 1 saturated heterocycles. The number of benzene rings is 1. The molecule has 4 aromatic rings. The summed E-state index contributed by atoms with van der Waals surface area (Å²) in [6.45, 7) is 2.04. The summed E-state index contributed by atoms with van der Waals surface area (Å²) < 4.78 is 20.2. The van der Waals surface area contributed by atoms with Gasteiger partial charge in [-0.05, 0) is 36.4 Å². The highest BCUT2D eigenvalue weighted by molar-refractivity contribution is 7.17. The average molecular weight is 385 g/mol. The highest BCUT2D eigenvalue weighted by Crippen LogP contribution is 2.36. The quantitative estimate of drug-likeness (QED) is 0.567. The van der Waals surface area contributed by atoms with Crippen LogP contribution in [0.2, 0.25) is 0 Å². The summed E-state index contributed by atoms with van der Waals surface area (Å²) in [5.41, 5.74) is 0.986. The molecule has 0 bridgehead atoms. The molecule has 0 radical (unpaired) electrons. The molecule has 0 spiro atoms. The second kappa shape index (κ2) is 6.47. The smallest absolute Gasteiger partial charge is 0.235 e. The summed E-state index contributed by atoms with van der Waals surface area (Å²) in [6.07, 6.45) is 3.87. The molecule has 0 amide bonds. The first-order valence-electron chi connectivity index (χ1n) is 8.93. The van der Waals surface area contributed by atoms with E-state index < -0.39 is 0 Å². The topological polar surface area (TPSA) is 68.0 Å². The van der Waals surface area contributed by atoms with Gasteiger partial charge in [-0.3, -0.25) is 0 Å². The van der Waals surface area contributed by atoms with Gasteiger partial charge in [-0.15, -0.1) is 5.10 Å². The lowest BCUT2D eigenvalue weighted by atomic mass is 10.0. The number of aromatic nitrogens is 3. The molecular formula is C19H18FN4O2S+. The van der Waals surface area contributed by atoms with Crippen molar-refractivity contribution >= 4 is 16.3 Å². The third-order valence-corrected chi connectivity index (χ3v) is 6.15. The molecule has 5 rings (SSSR count). The van der Waals surface area contributed by atoms with Crippen LogP contribution in [0.3, 0.4) is 0 Å². The minimum atomic E-state index is -0.260. The highest BCUT2D eigenvalue weighted by atomic mass is 32.1. The number of thiazole rings is 1. The predicted octanol–water partition coefficient (Wildman–Crippen LogP) is 2.66. The number of hydrogen-bond donors (Lipinski definition) is 2. The normalized spacial score (nSPS) is 16.3. The largest absolute Gasteiger partial charge is 0.492 e. The third kappa shape index (κ3) is 2.81. The maximum absolute atomic E-state index is 13.4. The van der Waals surface area contributed by atoms with Gasteiger partial charge in [0.05, 0.1) is 19.4 Å². The summed E-state index contributed by atoms with van der Waals surface area (Å²) in [5.74, 6) is 0.838. The van der Waals surface area contributed by atoms with E-state index in [2.05, 4.69) is 10.1 Å². The second-order valence-electron chi connectivity index (χ2n) is 6.75. The fraction of sp³-hybridized carbons (Fsp3) is 0.263. The van der Waals surface area contributed by atoms with Gasteiger partial charge in [-0.25, -0.2) is 4.39 Å². The standard InChI is InChI=1S/C19H17FN4O2S/c20-13-7-5-12(6-8-13)15(23-9-1-2-10-23)16-18(25)24-19(27-16)21-17(22-24)14-4-3-11-26-14/h3-8,11,15,25H,1-2,9-10H2/p+1/t15-/m0/s1. The van der Waals surface area contributed by atoms with Crippen LogP contribution < -0.4 is 4.90 Å². The Hall–Kier alpha value is -2.71. The number of furan rings is 1. The van der Waals surface area contributed by atoms with Crippen LogP contribution in [0.4, 0.5) is 4.39 Å². The Kier molecular flexibility index (Phi) is 3.95. The zero-order chi connectivity index (χ0) is 18.4. The van der Waals surface area contributed by atoms with Crippen LogP contribution >= 0.6 is 11.3 Å². The van der Waals surface area contributed by atoms with Gasteiger partial charge in [0.2, 0.25) is 16.7 Å². The predicted molar refractivity (Wildman–Crippen MR) is 98.4 cm³/mol. The summed E-state index contributed by atoms with van der Waals surface area (Å²) in [5, 5.41) is 15.3. The van der Waals surface area contributed by atoms with Gasteiger partial charge >= 0.3 is 0 Å². The van der Waals surface area contributed by atoms with Crippen LogP contribution in [0.15, 0.2) is 47.1 Å². The van der Waals surface area contributed by atoms with Crippen molar-refractivity contribution in [3.05, 3.63) is 58.9 Å². The Bertz CT molecular complexity index is 1070. The molecule has 1 atom stereocenters. The number of hydrogen-bond acceptors (Lipinski definition) is 5. The van der Waals surface area contributed by atoms with Crippen molar-refractivity contribution in [1.82, 2.24) is 14.6 Å². The average Bonchev–Trinajstić information content (AvgIpc) is 3.44. The Morgan fingerprint density at radius 2 is 1.96 bits per heavy atom. The minimum absolute atomic E-state index is 0.0614. The summed E-state index contributed by atoms with van der Waals surface area (Å²) in [4.78, 5) is 7.28. The first kappa shape index (κ1) is 16.5. The number of fused-ring (bicyclic) bond motifs is 1. The number of nitrogens with one attached hydrogen (secondary N) is 1. The van der Waals surface area contributed by atoms with Crippen molar-refractivity contribution in [3.8, 4) is 17.5 Å². The number of nitrogens with zero attached hydrogens (tertiary/aromatic N) is 3. The van der Waals surface area contributed by atoms with Crippen LogP contribution in [0.5, 0.6) is 5.88 Å². The number of quaternary nitrogens is 1. The molecule has 3 aromatic heterocycles. The monoisotopic (exact) mass is 385 g/mol. The number of aromatic hydroxyl groups is 1. The Labute approximate surface area is 158 Å². The molecule has 0 aliphatic carbocycles. The molecule has 8 heteroatoms. The molecule has 0 saturated carbocycles. The molecule has 1 fully saturated rings. The summed E-state index contributed by atoms with van der Waals surface area (Å²) in [7, 11) is 0. The van der Waals surface area contributed by atoms with E-state index in [9.17, 15) is 9.50 Å². The van der Waals surface area contributed by atoms with Crippen LogP contribution in [-0.2, 0) is 0 Å². The molecule has 6 nitrogen and oxygen atoms in total. The molecule has 1 aromatic carbocycles. The van der Waals surface area contributed by atoms with Crippen molar-refractivity contribution in [2.75, 3.05) is 13.1 Å². The van der Waals surface area contributed by atoms with Crippen LogP contribution in [0, 0.1) is 5.82 Å². The second-order valence-corrected chi connectivity index (χ2v) is 7.76. The van der Waals surface area contributed by atoms with Crippen LogP contribution in [-0.4, -0.2) is 32.8 Å². The number of rotatable bonds is 4. The Morgan fingerprint density at radius 1 is 1.19 bits per heavy atom. The first-order chi connectivity index (χ1) is 13.2. The molecule has 1 aliphatic rings. The SMILES string of the molecule is Oc1c([C@H](c2ccc(F)cc2)[NH+]2CCCC2)sc2nc(-c3ccco3)nn12. The van der Waals surface area contributed by atoms with Gasteiger partial charge < -0.3 is 14.4 Å². The fourth-order valence-electron chi connectivity index (χ4n) is 3.79. The number of likely N-dealkylation sites (tertiary alicyclic amines) is 1. The van der Waals surface area contributed by atoms with Crippen LogP contribution in [0.1, 0.15) is 29.3 Å². The lowest BCUT2D eigenvalue weighted by Crippen LogP contribution is -3.10. The Balaban J connectivity index is 1.60. The summed E-state index contributed by atoms with van der Waals surface area (Å²) >= 11 is 1.42. The first-order valence-corrected chi connectivity index (χ1v) is 9.75. The van der Waals surface area contributed by atoms with Crippen LogP contribution in [0.25, 0.3) is 16.5 Å². The van der Waals surface area contributed by atoms with E-state index >= 15 is 0 Å². The third-order valence-electron chi connectivity index (χ3n) is 5.06. The van der Waals surface area contributed by atoms with E-state index in [1.54, 1.807) is 30.5 Å². The van der Waals surface area contributed by atoms with Crippen molar-refractivity contribution in [2.24, 2.45) is 0 Å². The molecule has 1 aliphatic heterocycles. The van der Waals surface area contributed by atoms with Crippen molar-refractivity contribution < 1.29 is 18.8 Å². The highest BCUT2D eigenvalue weighted by Gasteiger charge is 2.34. The molecular weight excluding hydrogens is 367 g/mol. The number of halogens is 1. The maximum Gasteiger partial charge on any atom is 0.235 e. The zero-order valence-corrected chi connectivity index (χ0v) is 15.2. The Morgan fingerprint density at radius 3 is 2.63 bits per heavy atom. The molecule has 2 N–H and O–H groups in total.